The van der Waals surface area contributed by atoms with E-state index in [1.807, 2.05) is 6.20 Å². The van der Waals surface area contributed by atoms with Crippen LogP contribution in [0.5, 0.6) is 0 Å². The third-order valence-electron chi connectivity index (χ3n) is 3.23. The molecule has 0 radical (unpaired) electrons. The van der Waals surface area contributed by atoms with Crippen molar-refractivity contribution in [1.29, 1.82) is 0 Å². The highest BCUT2D eigenvalue weighted by Crippen LogP contribution is 2.20. The fourth-order valence-corrected chi connectivity index (χ4v) is 2.09. The van der Waals surface area contributed by atoms with Crippen LogP contribution in [0.15, 0.2) is 12.3 Å². The van der Waals surface area contributed by atoms with Crippen molar-refractivity contribution in [3.63, 3.8) is 0 Å². The predicted octanol–water partition coefficient (Wildman–Crippen LogP) is 2.57. The standard InChI is InChI=1S/C13H20N2O/c1-10(2)12-8-13(15-14-9-12)7-11-3-5-16-6-4-11/h8-11H,3-7H2,1-2H3. The van der Waals surface area contributed by atoms with Crippen LogP contribution >= 0.6 is 0 Å². The minimum absolute atomic E-state index is 0.531. The summed E-state index contributed by atoms with van der Waals surface area (Å²) in [6.07, 6.45) is 5.25. The molecule has 1 aliphatic heterocycles. The van der Waals surface area contributed by atoms with Crippen LogP contribution in [0.25, 0.3) is 0 Å². The summed E-state index contributed by atoms with van der Waals surface area (Å²) in [6, 6.07) is 2.20. The molecule has 0 atom stereocenters. The van der Waals surface area contributed by atoms with Gasteiger partial charge in [0, 0.05) is 13.2 Å². The second-order valence-electron chi connectivity index (χ2n) is 4.89. The minimum atomic E-state index is 0.531. The van der Waals surface area contributed by atoms with Crippen molar-refractivity contribution in [2.24, 2.45) is 5.92 Å². The van der Waals surface area contributed by atoms with Gasteiger partial charge in [-0.2, -0.15) is 10.2 Å². The van der Waals surface area contributed by atoms with E-state index in [9.17, 15) is 0 Å². The molecule has 0 bridgehead atoms. The second-order valence-corrected chi connectivity index (χ2v) is 4.89. The van der Waals surface area contributed by atoms with Gasteiger partial charge in [0.15, 0.2) is 0 Å². The van der Waals surface area contributed by atoms with Crippen LogP contribution in [0.4, 0.5) is 0 Å². The molecule has 0 unspecified atom stereocenters. The Balaban J connectivity index is 2.00. The zero-order valence-electron chi connectivity index (χ0n) is 10.1. The van der Waals surface area contributed by atoms with Gasteiger partial charge in [0.25, 0.3) is 0 Å². The quantitative estimate of drug-likeness (QED) is 0.785. The number of nitrogens with zero attached hydrogens (tertiary/aromatic N) is 2. The Labute approximate surface area is 97.2 Å². The lowest BCUT2D eigenvalue weighted by molar-refractivity contribution is 0.0662. The Hall–Kier alpha value is -0.960. The average Bonchev–Trinajstić information content (AvgIpc) is 2.30. The van der Waals surface area contributed by atoms with Gasteiger partial charge in [-0.05, 0) is 42.7 Å². The monoisotopic (exact) mass is 220 g/mol. The van der Waals surface area contributed by atoms with Gasteiger partial charge in [-0.3, -0.25) is 0 Å². The van der Waals surface area contributed by atoms with Crippen LogP contribution in [-0.4, -0.2) is 23.4 Å². The molecule has 0 aliphatic carbocycles. The van der Waals surface area contributed by atoms with E-state index in [4.69, 9.17) is 4.74 Å². The first-order valence-electron chi connectivity index (χ1n) is 6.15. The van der Waals surface area contributed by atoms with E-state index in [0.29, 0.717) is 5.92 Å². The van der Waals surface area contributed by atoms with Crippen molar-refractivity contribution in [1.82, 2.24) is 10.2 Å². The summed E-state index contributed by atoms with van der Waals surface area (Å²) in [5.41, 5.74) is 2.43. The Morgan fingerprint density at radius 1 is 1.38 bits per heavy atom. The van der Waals surface area contributed by atoms with Crippen molar-refractivity contribution in [2.45, 2.75) is 39.0 Å². The predicted molar refractivity (Wildman–Crippen MR) is 63.4 cm³/mol. The van der Waals surface area contributed by atoms with Crippen molar-refractivity contribution in [3.8, 4) is 0 Å². The van der Waals surface area contributed by atoms with Crippen molar-refractivity contribution in [2.75, 3.05) is 13.2 Å². The van der Waals surface area contributed by atoms with E-state index in [-0.39, 0.29) is 0 Å². The van der Waals surface area contributed by atoms with Gasteiger partial charge in [0.1, 0.15) is 0 Å². The number of ether oxygens (including phenoxy) is 1. The molecule has 16 heavy (non-hydrogen) atoms. The van der Waals surface area contributed by atoms with E-state index in [1.54, 1.807) is 0 Å². The SMILES string of the molecule is CC(C)c1cnnc(CC2CCOCC2)c1. The fraction of sp³-hybridized carbons (Fsp3) is 0.692. The smallest absolute Gasteiger partial charge is 0.0636 e. The molecule has 1 aliphatic rings. The van der Waals surface area contributed by atoms with E-state index in [1.165, 1.54) is 5.56 Å². The summed E-state index contributed by atoms with van der Waals surface area (Å²) in [5, 5.41) is 8.32. The zero-order chi connectivity index (χ0) is 11.4. The van der Waals surface area contributed by atoms with Gasteiger partial charge in [0.2, 0.25) is 0 Å². The normalized spacial score (nSPS) is 17.9. The molecule has 2 rings (SSSR count). The van der Waals surface area contributed by atoms with Gasteiger partial charge in [-0.1, -0.05) is 13.8 Å². The number of hydrogen-bond donors (Lipinski definition) is 0. The Morgan fingerprint density at radius 2 is 2.12 bits per heavy atom. The topological polar surface area (TPSA) is 35.0 Å². The van der Waals surface area contributed by atoms with Gasteiger partial charge < -0.3 is 4.74 Å². The lowest BCUT2D eigenvalue weighted by Crippen LogP contribution is -2.18. The van der Waals surface area contributed by atoms with Crippen LogP contribution in [0.2, 0.25) is 0 Å². The minimum Gasteiger partial charge on any atom is -0.381 e. The van der Waals surface area contributed by atoms with Gasteiger partial charge in [0.05, 0.1) is 11.9 Å². The molecule has 0 aromatic carbocycles. The molecular weight excluding hydrogens is 200 g/mol. The Morgan fingerprint density at radius 3 is 2.81 bits per heavy atom. The molecule has 0 spiro atoms. The molecule has 1 saturated heterocycles. The van der Waals surface area contributed by atoms with Crippen LogP contribution in [0.1, 0.15) is 43.9 Å². The van der Waals surface area contributed by atoms with Crippen molar-refractivity contribution < 1.29 is 4.74 Å². The van der Waals surface area contributed by atoms with Gasteiger partial charge in [-0.25, -0.2) is 0 Å². The number of aromatic nitrogens is 2. The fourth-order valence-electron chi connectivity index (χ4n) is 2.09. The summed E-state index contributed by atoms with van der Waals surface area (Å²) >= 11 is 0. The van der Waals surface area contributed by atoms with Crippen molar-refractivity contribution >= 4 is 0 Å². The molecule has 3 nitrogen and oxygen atoms in total. The molecule has 1 aromatic heterocycles. The Kier molecular flexibility index (Phi) is 3.88. The molecule has 0 N–H and O–H groups in total. The first kappa shape index (κ1) is 11.5. The summed E-state index contributed by atoms with van der Waals surface area (Å²) in [6.45, 7) is 6.19. The molecule has 88 valence electrons. The maximum Gasteiger partial charge on any atom is 0.0636 e. The van der Waals surface area contributed by atoms with Gasteiger partial charge in [-0.15, -0.1) is 0 Å². The summed E-state index contributed by atoms with van der Waals surface area (Å²) in [7, 11) is 0. The summed E-state index contributed by atoms with van der Waals surface area (Å²) in [5.74, 6) is 1.26. The third-order valence-corrected chi connectivity index (χ3v) is 3.23. The van der Waals surface area contributed by atoms with Crippen molar-refractivity contribution in [3.05, 3.63) is 23.5 Å². The molecule has 2 heterocycles. The zero-order valence-corrected chi connectivity index (χ0v) is 10.1. The highest BCUT2D eigenvalue weighted by atomic mass is 16.5. The summed E-state index contributed by atoms with van der Waals surface area (Å²) < 4.78 is 5.36. The van der Waals surface area contributed by atoms with Crippen LogP contribution in [-0.2, 0) is 11.2 Å². The molecular formula is C13H20N2O. The Bertz CT molecular complexity index is 332. The van der Waals surface area contributed by atoms with Gasteiger partial charge >= 0.3 is 0 Å². The lowest BCUT2D eigenvalue weighted by Gasteiger charge is -2.21. The maximum atomic E-state index is 5.36. The van der Waals surface area contributed by atoms with E-state index in [2.05, 4.69) is 30.1 Å². The number of rotatable bonds is 3. The first-order chi connectivity index (χ1) is 7.75. The lowest BCUT2D eigenvalue weighted by atomic mass is 9.94. The molecule has 1 fully saturated rings. The van der Waals surface area contributed by atoms with E-state index >= 15 is 0 Å². The molecule has 0 saturated carbocycles. The molecule has 0 amide bonds. The van der Waals surface area contributed by atoms with E-state index < -0.39 is 0 Å². The maximum absolute atomic E-state index is 5.36. The summed E-state index contributed by atoms with van der Waals surface area (Å²) in [4.78, 5) is 0. The third kappa shape index (κ3) is 3.01. The molecule has 1 aromatic rings. The van der Waals surface area contributed by atoms with E-state index in [0.717, 1.165) is 44.1 Å². The van der Waals surface area contributed by atoms with Crippen LogP contribution in [0.3, 0.4) is 0 Å². The molecule has 3 heteroatoms. The highest BCUT2D eigenvalue weighted by molar-refractivity contribution is 5.16. The first-order valence-corrected chi connectivity index (χ1v) is 6.15. The largest absolute Gasteiger partial charge is 0.381 e. The highest BCUT2D eigenvalue weighted by Gasteiger charge is 2.15. The van der Waals surface area contributed by atoms with Crippen LogP contribution < -0.4 is 0 Å². The number of hydrogen-bond acceptors (Lipinski definition) is 3. The second kappa shape index (κ2) is 5.39. The average molecular weight is 220 g/mol. The van der Waals surface area contributed by atoms with Crippen LogP contribution in [0, 0.1) is 5.92 Å².